The molecule has 0 spiro atoms. The number of hydrogen-bond donors (Lipinski definition) is 1. The van der Waals surface area contributed by atoms with Crippen molar-refractivity contribution in [2.24, 2.45) is 0 Å². The van der Waals surface area contributed by atoms with E-state index in [4.69, 9.17) is 14.2 Å². The molecule has 5 nitrogen and oxygen atoms in total. The van der Waals surface area contributed by atoms with E-state index in [-0.39, 0.29) is 6.61 Å². The van der Waals surface area contributed by atoms with Crippen LogP contribution in [-0.2, 0) is 12.2 Å². The van der Waals surface area contributed by atoms with Gasteiger partial charge >= 0.3 is 0 Å². The molecule has 5 heteroatoms. The van der Waals surface area contributed by atoms with Crippen molar-refractivity contribution in [3.05, 3.63) is 119 Å². The van der Waals surface area contributed by atoms with Gasteiger partial charge in [-0.3, -0.25) is 0 Å². The minimum absolute atomic E-state index is 0.167. The van der Waals surface area contributed by atoms with Gasteiger partial charge in [-0.1, -0.05) is 60.7 Å². The molecule has 0 aliphatic heterocycles. The molecule has 0 aliphatic rings. The summed E-state index contributed by atoms with van der Waals surface area (Å²) in [7, 11) is 3.29. The number of benzene rings is 3. The smallest absolute Gasteiger partial charge is 0.218 e. The highest BCUT2D eigenvalue weighted by atomic mass is 16.5. The summed E-state index contributed by atoms with van der Waals surface area (Å²) in [5.74, 6) is 1.97. The summed E-state index contributed by atoms with van der Waals surface area (Å²) in [4.78, 5) is 4.60. The molecule has 3 aromatic carbocycles. The number of hydrogen-bond acceptors (Lipinski definition) is 5. The van der Waals surface area contributed by atoms with Gasteiger partial charge in [0, 0.05) is 22.3 Å². The first-order chi connectivity index (χ1) is 16.1. The Labute approximate surface area is 194 Å². The Morgan fingerprint density at radius 2 is 1.21 bits per heavy atom. The summed E-state index contributed by atoms with van der Waals surface area (Å²) in [6, 6.07) is 29.4. The maximum absolute atomic E-state index is 9.67. The van der Waals surface area contributed by atoms with E-state index < -0.39 is 5.60 Å². The predicted octanol–water partition coefficient (Wildman–Crippen LogP) is 5.27. The third-order valence-electron chi connectivity index (χ3n) is 5.69. The largest absolute Gasteiger partial charge is 0.497 e. The summed E-state index contributed by atoms with van der Waals surface area (Å²) in [6.45, 7) is 1.78. The van der Waals surface area contributed by atoms with Gasteiger partial charge in [0.15, 0.2) is 5.60 Å². The van der Waals surface area contributed by atoms with Crippen molar-refractivity contribution >= 4 is 0 Å². The van der Waals surface area contributed by atoms with Gasteiger partial charge in [-0.15, -0.1) is 0 Å². The number of aliphatic hydroxyl groups is 1. The molecule has 0 aliphatic carbocycles. The molecular formula is C28H27NO4. The van der Waals surface area contributed by atoms with Crippen molar-refractivity contribution in [2.75, 3.05) is 14.2 Å². The van der Waals surface area contributed by atoms with Gasteiger partial charge in [0.1, 0.15) is 11.5 Å². The molecule has 0 unspecified atom stereocenters. The van der Waals surface area contributed by atoms with Gasteiger partial charge in [0.05, 0.1) is 26.5 Å². The van der Waals surface area contributed by atoms with Crippen LogP contribution < -0.4 is 14.2 Å². The van der Waals surface area contributed by atoms with E-state index in [1.54, 1.807) is 20.3 Å². The van der Waals surface area contributed by atoms with Crippen molar-refractivity contribution in [3.63, 3.8) is 0 Å². The van der Waals surface area contributed by atoms with E-state index in [2.05, 4.69) is 4.98 Å². The number of ether oxygens (including phenoxy) is 3. The zero-order valence-electron chi connectivity index (χ0n) is 19.0. The van der Waals surface area contributed by atoms with E-state index in [9.17, 15) is 5.11 Å². The lowest BCUT2D eigenvalue weighted by Gasteiger charge is -2.36. The first-order valence-corrected chi connectivity index (χ1v) is 10.7. The van der Waals surface area contributed by atoms with Gasteiger partial charge in [-0.05, 0) is 37.3 Å². The average Bonchev–Trinajstić information content (AvgIpc) is 2.89. The molecule has 1 heterocycles. The van der Waals surface area contributed by atoms with Crippen LogP contribution in [0.5, 0.6) is 17.4 Å². The lowest BCUT2D eigenvalue weighted by Crippen LogP contribution is -2.36. The van der Waals surface area contributed by atoms with E-state index >= 15 is 0 Å². The van der Waals surface area contributed by atoms with Crippen molar-refractivity contribution < 1.29 is 19.3 Å². The number of pyridine rings is 1. The van der Waals surface area contributed by atoms with E-state index in [0.29, 0.717) is 11.6 Å². The number of nitrogens with zero attached hydrogens (tertiary/aromatic N) is 1. The highest BCUT2D eigenvalue weighted by Crippen LogP contribution is 2.42. The molecule has 0 atom stereocenters. The Kier molecular flexibility index (Phi) is 6.61. The molecule has 0 saturated carbocycles. The summed E-state index contributed by atoms with van der Waals surface area (Å²) in [6.07, 6.45) is 0. The topological polar surface area (TPSA) is 60.8 Å². The molecule has 0 saturated heterocycles. The van der Waals surface area contributed by atoms with Crippen molar-refractivity contribution in [2.45, 2.75) is 19.1 Å². The van der Waals surface area contributed by atoms with Gasteiger partial charge in [-0.2, -0.15) is 0 Å². The Balaban J connectivity index is 2.00. The second-order valence-electron chi connectivity index (χ2n) is 7.69. The van der Waals surface area contributed by atoms with Gasteiger partial charge in [0.25, 0.3) is 0 Å². The predicted molar refractivity (Wildman–Crippen MR) is 128 cm³/mol. The molecule has 1 aromatic heterocycles. The van der Waals surface area contributed by atoms with Gasteiger partial charge < -0.3 is 19.3 Å². The first-order valence-electron chi connectivity index (χ1n) is 10.7. The molecular weight excluding hydrogens is 414 g/mol. The van der Waals surface area contributed by atoms with Crippen LogP contribution in [0.4, 0.5) is 0 Å². The first kappa shape index (κ1) is 22.4. The molecule has 0 fully saturated rings. The summed E-state index contributed by atoms with van der Waals surface area (Å²) in [5.41, 5.74) is 3.17. The fourth-order valence-electron chi connectivity index (χ4n) is 3.89. The maximum Gasteiger partial charge on any atom is 0.218 e. The Morgan fingerprint density at radius 1 is 0.697 bits per heavy atom. The minimum Gasteiger partial charge on any atom is -0.497 e. The van der Waals surface area contributed by atoms with Crippen molar-refractivity contribution in [1.82, 2.24) is 4.98 Å². The molecule has 168 valence electrons. The fourth-order valence-corrected chi connectivity index (χ4v) is 3.89. The quantitative estimate of drug-likeness (QED) is 0.378. The third-order valence-corrected chi connectivity index (χ3v) is 5.69. The lowest BCUT2D eigenvalue weighted by molar-refractivity contribution is 0.145. The second kappa shape index (κ2) is 9.76. The van der Waals surface area contributed by atoms with Gasteiger partial charge in [-0.25, -0.2) is 4.98 Å². The van der Waals surface area contributed by atoms with Crippen LogP contribution in [-0.4, -0.2) is 24.3 Å². The monoisotopic (exact) mass is 441 g/mol. The molecule has 0 amide bonds. The molecule has 4 rings (SSSR count). The summed E-state index contributed by atoms with van der Waals surface area (Å²) >= 11 is 0. The Morgan fingerprint density at radius 3 is 1.70 bits per heavy atom. The van der Waals surface area contributed by atoms with Crippen molar-refractivity contribution in [1.29, 1.82) is 0 Å². The number of methoxy groups -OCH3 is 2. The van der Waals surface area contributed by atoms with Crippen LogP contribution in [0.3, 0.4) is 0 Å². The zero-order chi connectivity index (χ0) is 23.3. The van der Waals surface area contributed by atoms with Crippen LogP contribution in [0.2, 0.25) is 0 Å². The summed E-state index contributed by atoms with van der Waals surface area (Å²) in [5, 5.41) is 9.67. The highest BCUT2D eigenvalue weighted by Gasteiger charge is 2.40. The van der Waals surface area contributed by atoms with Gasteiger partial charge in [0.2, 0.25) is 5.88 Å². The van der Waals surface area contributed by atoms with Crippen LogP contribution >= 0.6 is 0 Å². The second-order valence-corrected chi connectivity index (χ2v) is 7.69. The lowest BCUT2D eigenvalue weighted by atomic mass is 9.80. The minimum atomic E-state index is -1.01. The molecule has 4 aromatic rings. The number of aromatic nitrogens is 1. The van der Waals surface area contributed by atoms with Crippen LogP contribution in [0.15, 0.2) is 91.0 Å². The number of rotatable bonds is 8. The average molecular weight is 442 g/mol. The van der Waals surface area contributed by atoms with E-state index in [1.807, 2.05) is 91.9 Å². The SMILES string of the molecule is COc1ccc(C(Oc2nc(CO)ccc2C)(c2ccccc2)c2ccc(OC)cc2)cc1. The Hall–Kier alpha value is -3.83. The standard InChI is InChI=1S/C28H27NO4/c1-20-9-14-24(19-30)29-27(20)33-28(21-7-5-4-6-8-21,22-10-15-25(31-2)16-11-22)23-12-17-26(32-3)18-13-23/h4-18,30H,19H2,1-3H3. The van der Waals surface area contributed by atoms with E-state index in [1.165, 1.54) is 0 Å². The highest BCUT2D eigenvalue weighted by molar-refractivity contribution is 5.51. The molecule has 0 bridgehead atoms. The van der Waals surface area contributed by atoms with Crippen LogP contribution in [0, 0.1) is 6.92 Å². The number of aryl methyl sites for hydroxylation is 1. The molecule has 0 radical (unpaired) electrons. The zero-order valence-corrected chi connectivity index (χ0v) is 19.0. The Bertz CT molecular complexity index is 1140. The van der Waals surface area contributed by atoms with Crippen LogP contribution in [0.25, 0.3) is 0 Å². The summed E-state index contributed by atoms with van der Waals surface area (Å²) < 4.78 is 17.7. The van der Waals surface area contributed by atoms with Crippen LogP contribution in [0.1, 0.15) is 27.9 Å². The molecule has 1 N–H and O–H groups in total. The normalized spacial score (nSPS) is 11.2. The maximum atomic E-state index is 9.67. The fraction of sp³-hybridized carbons (Fsp3) is 0.179. The molecule has 33 heavy (non-hydrogen) atoms. The van der Waals surface area contributed by atoms with Crippen molar-refractivity contribution in [3.8, 4) is 17.4 Å². The number of aliphatic hydroxyl groups excluding tert-OH is 1. The van der Waals surface area contributed by atoms with E-state index in [0.717, 1.165) is 33.8 Å². The third kappa shape index (κ3) is 4.41.